The van der Waals surface area contributed by atoms with Crippen LogP contribution >= 0.6 is 0 Å². The normalized spacial score (nSPS) is 10.9. The Hall–Kier alpha value is -4.69. The second kappa shape index (κ2) is 10.9. The molecule has 8 nitrogen and oxygen atoms in total. The number of ether oxygens (including phenoxy) is 1. The van der Waals surface area contributed by atoms with Gasteiger partial charge in [0.1, 0.15) is 29.3 Å². The number of fused-ring (bicyclic) bond motifs is 1. The highest BCUT2D eigenvalue weighted by Crippen LogP contribution is 2.32. The number of pyridine rings is 1. The predicted molar refractivity (Wildman–Crippen MR) is 131 cm³/mol. The van der Waals surface area contributed by atoms with Gasteiger partial charge in [-0.2, -0.15) is 13.2 Å². The molecular formula is C26H20F3N5O3. The summed E-state index contributed by atoms with van der Waals surface area (Å²) in [5.74, 6) is 5.57. The molecule has 0 aliphatic carbocycles. The standard InChI is InChI=1S/C26H20F3N5O3/c1-16-12-17(6-9-22(16)37-19-7-10-23(30-14-19)26(27,28)29)34-25-20-13-18(5-8-21(20)31-15-32-25)33-24(36)4-2-3-11-35/h5-10,12-15,35H,3,11H2,1H3,(H,33,36)(H,31,32,34). The molecule has 2 aromatic heterocycles. The van der Waals surface area contributed by atoms with Gasteiger partial charge >= 0.3 is 6.18 Å². The number of nitrogens with zero attached hydrogens (tertiary/aromatic N) is 3. The van der Waals surface area contributed by atoms with Crippen LogP contribution in [0.5, 0.6) is 11.5 Å². The van der Waals surface area contributed by atoms with E-state index >= 15 is 0 Å². The molecule has 3 N–H and O–H groups in total. The number of amides is 1. The molecule has 188 valence electrons. The molecule has 0 aliphatic heterocycles. The number of carbonyl (C=O) groups excluding carboxylic acids is 1. The van der Waals surface area contributed by atoms with Crippen molar-refractivity contribution in [3.8, 4) is 23.3 Å². The number of aromatic nitrogens is 3. The number of rotatable bonds is 6. The minimum absolute atomic E-state index is 0.124. The van der Waals surface area contributed by atoms with Crippen LogP contribution in [0.3, 0.4) is 0 Å². The van der Waals surface area contributed by atoms with Crippen LogP contribution in [-0.2, 0) is 11.0 Å². The van der Waals surface area contributed by atoms with E-state index in [1.807, 2.05) is 0 Å². The van der Waals surface area contributed by atoms with Gasteiger partial charge in [-0.15, -0.1) is 0 Å². The van der Waals surface area contributed by atoms with Crippen molar-refractivity contribution in [2.45, 2.75) is 19.5 Å². The molecule has 4 aromatic rings. The quantitative estimate of drug-likeness (QED) is 0.307. The first-order valence-corrected chi connectivity index (χ1v) is 11.0. The molecule has 0 aliphatic rings. The van der Waals surface area contributed by atoms with Crippen molar-refractivity contribution >= 4 is 34.0 Å². The molecule has 0 radical (unpaired) electrons. The minimum Gasteiger partial charge on any atom is -0.455 e. The summed E-state index contributed by atoms with van der Waals surface area (Å²) in [6.45, 7) is 1.67. The van der Waals surface area contributed by atoms with Crippen molar-refractivity contribution in [2.75, 3.05) is 17.2 Å². The lowest BCUT2D eigenvalue weighted by Gasteiger charge is -2.13. The van der Waals surface area contributed by atoms with E-state index in [4.69, 9.17) is 9.84 Å². The Kier molecular flexibility index (Phi) is 7.50. The molecule has 1 amide bonds. The van der Waals surface area contributed by atoms with Gasteiger partial charge < -0.3 is 20.5 Å². The highest BCUT2D eigenvalue weighted by Gasteiger charge is 2.32. The van der Waals surface area contributed by atoms with Crippen molar-refractivity contribution in [1.29, 1.82) is 0 Å². The zero-order valence-electron chi connectivity index (χ0n) is 19.4. The Bertz CT molecular complexity index is 1500. The zero-order chi connectivity index (χ0) is 26.4. The summed E-state index contributed by atoms with van der Waals surface area (Å²) in [4.78, 5) is 23.9. The first kappa shape index (κ1) is 25.4. The van der Waals surface area contributed by atoms with Crippen LogP contribution in [0.15, 0.2) is 61.1 Å². The second-order valence-corrected chi connectivity index (χ2v) is 7.77. The largest absolute Gasteiger partial charge is 0.455 e. The average molecular weight is 507 g/mol. The van der Waals surface area contributed by atoms with E-state index in [0.29, 0.717) is 33.8 Å². The summed E-state index contributed by atoms with van der Waals surface area (Å²) in [5.41, 5.74) is 1.55. The number of hydrogen-bond acceptors (Lipinski definition) is 7. The van der Waals surface area contributed by atoms with E-state index in [0.717, 1.165) is 17.8 Å². The van der Waals surface area contributed by atoms with Crippen LogP contribution in [-0.4, -0.2) is 32.6 Å². The molecule has 0 saturated heterocycles. The van der Waals surface area contributed by atoms with Gasteiger partial charge in [0.2, 0.25) is 0 Å². The Morgan fingerprint density at radius 1 is 1.05 bits per heavy atom. The predicted octanol–water partition coefficient (Wildman–Crippen LogP) is 5.21. The fourth-order valence-corrected chi connectivity index (χ4v) is 3.31. The molecule has 0 saturated carbocycles. The van der Waals surface area contributed by atoms with Crippen molar-refractivity contribution in [3.63, 3.8) is 0 Å². The summed E-state index contributed by atoms with van der Waals surface area (Å²) in [7, 11) is 0. The molecule has 0 spiro atoms. The topological polar surface area (TPSA) is 109 Å². The van der Waals surface area contributed by atoms with Crippen LogP contribution in [0.4, 0.5) is 30.4 Å². The number of aliphatic hydroxyl groups excluding tert-OH is 1. The first-order chi connectivity index (χ1) is 17.7. The summed E-state index contributed by atoms with van der Waals surface area (Å²) >= 11 is 0. The van der Waals surface area contributed by atoms with Crippen LogP contribution in [0.1, 0.15) is 17.7 Å². The monoisotopic (exact) mass is 507 g/mol. The molecule has 0 fully saturated rings. The number of alkyl halides is 3. The number of carbonyl (C=O) groups is 1. The van der Waals surface area contributed by atoms with E-state index < -0.39 is 17.8 Å². The van der Waals surface area contributed by atoms with Gasteiger partial charge in [-0.05, 0) is 66.9 Å². The lowest BCUT2D eigenvalue weighted by atomic mass is 10.1. The van der Waals surface area contributed by atoms with E-state index in [2.05, 4.69) is 37.4 Å². The Morgan fingerprint density at radius 3 is 2.57 bits per heavy atom. The molecule has 2 aromatic carbocycles. The number of aliphatic hydroxyl groups is 1. The second-order valence-electron chi connectivity index (χ2n) is 7.77. The number of nitrogens with one attached hydrogen (secondary N) is 2. The number of anilines is 3. The van der Waals surface area contributed by atoms with E-state index in [-0.39, 0.29) is 18.8 Å². The van der Waals surface area contributed by atoms with Gasteiger partial charge in [0.25, 0.3) is 5.91 Å². The van der Waals surface area contributed by atoms with Crippen LogP contribution in [0.25, 0.3) is 10.9 Å². The van der Waals surface area contributed by atoms with Gasteiger partial charge in [-0.1, -0.05) is 5.92 Å². The minimum atomic E-state index is -4.52. The van der Waals surface area contributed by atoms with Gasteiger partial charge in [0.15, 0.2) is 0 Å². The number of aryl methyl sites for hydroxylation is 1. The van der Waals surface area contributed by atoms with Crippen molar-refractivity contribution in [1.82, 2.24) is 15.0 Å². The third-order valence-corrected chi connectivity index (χ3v) is 5.02. The molecule has 11 heteroatoms. The molecule has 4 rings (SSSR count). The van der Waals surface area contributed by atoms with E-state index in [9.17, 15) is 18.0 Å². The van der Waals surface area contributed by atoms with Crippen LogP contribution in [0.2, 0.25) is 0 Å². The van der Waals surface area contributed by atoms with E-state index in [1.54, 1.807) is 43.3 Å². The fourth-order valence-electron chi connectivity index (χ4n) is 3.31. The SMILES string of the molecule is Cc1cc(Nc2ncnc3ccc(NC(=O)C#CCCO)cc23)ccc1Oc1ccc(C(F)(F)F)nc1. The Labute approximate surface area is 209 Å². The van der Waals surface area contributed by atoms with Crippen molar-refractivity contribution in [2.24, 2.45) is 0 Å². The summed E-state index contributed by atoms with van der Waals surface area (Å²) < 4.78 is 43.8. The Morgan fingerprint density at radius 2 is 1.86 bits per heavy atom. The average Bonchev–Trinajstić information content (AvgIpc) is 2.86. The molecule has 0 bridgehead atoms. The number of benzene rings is 2. The zero-order valence-corrected chi connectivity index (χ0v) is 19.4. The smallest absolute Gasteiger partial charge is 0.433 e. The maximum atomic E-state index is 12.7. The molecule has 0 atom stereocenters. The molecular weight excluding hydrogens is 487 g/mol. The van der Waals surface area contributed by atoms with Gasteiger partial charge in [-0.25, -0.2) is 15.0 Å². The summed E-state index contributed by atoms with van der Waals surface area (Å²) in [6.07, 6.45) is -1.88. The fraction of sp³-hybridized carbons (Fsp3) is 0.154. The Balaban J connectivity index is 1.51. The van der Waals surface area contributed by atoms with E-state index in [1.165, 1.54) is 12.4 Å². The molecule has 2 heterocycles. The van der Waals surface area contributed by atoms with Crippen LogP contribution < -0.4 is 15.4 Å². The van der Waals surface area contributed by atoms with Gasteiger partial charge in [0, 0.05) is 23.2 Å². The van der Waals surface area contributed by atoms with Crippen LogP contribution in [0, 0.1) is 18.8 Å². The maximum Gasteiger partial charge on any atom is 0.433 e. The van der Waals surface area contributed by atoms with Gasteiger partial charge in [-0.3, -0.25) is 4.79 Å². The highest BCUT2D eigenvalue weighted by molar-refractivity contribution is 6.05. The first-order valence-electron chi connectivity index (χ1n) is 11.0. The van der Waals surface area contributed by atoms with Crippen molar-refractivity contribution < 1.29 is 27.8 Å². The maximum absolute atomic E-state index is 12.7. The summed E-state index contributed by atoms with van der Waals surface area (Å²) in [5, 5.41) is 15.3. The number of halogens is 3. The third-order valence-electron chi connectivity index (χ3n) is 5.02. The lowest BCUT2D eigenvalue weighted by molar-refractivity contribution is -0.141. The van der Waals surface area contributed by atoms with Gasteiger partial charge in [0.05, 0.1) is 18.3 Å². The lowest BCUT2D eigenvalue weighted by Crippen LogP contribution is -2.08. The van der Waals surface area contributed by atoms with Crippen molar-refractivity contribution in [3.05, 3.63) is 72.3 Å². The summed E-state index contributed by atoms with van der Waals surface area (Å²) in [6, 6.07) is 12.4. The molecule has 37 heavy (non-hydrogen) atoms. The highest BCUT2D eigenvalue weighted by atomic mass is 19.4. The molecule has 0 unspecified atom stereocenters. The third kappa shape index (κ3) is 6.50. The number of hydrogen-bond donors (Lipinski definition) is 3.